The van der Waals surface area contributed by atoms with Crippen LogP contribution in [-0.4, -0.2) is 53.5 Å². The molecule has 0 atom stereocenters. The van der Waals surface area contributed by atoms with Crippen molar-refractivity contribution in [2.24, 2.45) is 0 Å². The van der Waals surface area contributed by atoms with Crippen molar-refractivity contribution in [3.8, 4) is 5.75 Å². The highest BCUT2D eigenvalue weighted by atomic mass is 16.5. The van der Waals surface area contributed by atoms with Crippen molar-refractivity contribution in [1.82, 2.24) is 14.8 Å². The highest BCUT2D eigenvalue weighted by Gasteiger charge is 2.22. The number of aromatic amines is 1. The number of H-pyrrole nitrogens is 1. The average Bonchev–Trinajstić information content (AvgIpc) is 3.34. The van der Waals surface area contributed by atoms with Crippen molar-refractivity contribution in [3.05, 3.63) is 65.4 Å². The first-order valence-corrected chi connectivity index (χ1v) is 10.1. The van der Waals surface area contributed by atoms with Crippen LogP contribution in [0.1, 0.15) is 16.8 Å². The number of para-hydroxylation sites is 1. The second-order valence-corrected chi connectivity index (χ2v) is 7.76. The fourth-order valence-electron chi connectivity index (χ4n) is 4.25. The van der Waals surface area contributed by atoms with Gasteiger partial charge in [-0.25, -0.2) is 0 Å². The molecule has 0 bridgehead atoms. The molecule has 3 heterocycles. The number of nitrogens with one attached hydrogen (secondary N) is 1. The number of benzene rings is 2. The first-order chi connectivity index (χ1) is 13.7. The highest BCUT2D eigenvalue weighted by molar-refractivity contribution is 5.80. The van der Waals surface area contributed by atoms with Crippen LogP contribution < -0.4 is 4.74 Å². The van der Waals surface area contributed by atoms with E-state index in [2.05, 4.69) is 46.3 Å². The number of nitrogens with zero attached hydrogens (tertiary/aromatic N) is 2. The third kappa shape index (κ3) is 3.50. The predicted octanol–water partition coefficient (Wildman–Crippen LogP) is 2.99. The number of piperazine rings is 1. The summed E-state index contributed by atoms with van der Waals surface area (Å²) in [6, 6.07) is 16.8. The van der Waals surface area contributed by atoms with Gasteiger partial charge in [0.05, 0.1) is 13.0 Å². The number of rotatable bonds is 4. The summed E-state index contributed by atoms with van der Waals surface area (Å²) in [7, 11) is 0. The van der Waals surface area contributed by atoms with Crippen molar-refractivity contribution >= 4 is 16.8 Å². The zero-order chi connectivity index (χ0) is 18.9. The largest absolute Gasteiger partial charge is 0.493 e. The SMILES string of the molecule is O=C(Cc1ccc2c(c1)CCO2)N1CCN(Cc2cc3ccccc3[nH]2)CC1. The Bertz CT molecular complexity index is 969. The van der Waals surface area contributed by atoms with Gasteiger partial charge in [0.2, 0.25) is 5.91 Å². The van der Waals surface area contributed by atoms with Gasteiger partial charge >= 0.3 is 0 Å². The van der Waals surface area contributed by atoms with Crippen molar-refractivity contribution in [2.75, 3.05) is 32.8 Å². The number of aromatic nitrogens is 1. The molecule has 0 unspecified atom stereocenters. The highest BCUT2D eigenvalue weighted by Crippen LogP contribution is 2.26. The van der Waals surface area contributed by atoms with Crippen LogP contribution in [0.25, 0.3) is 10.9 Å². The van der Waals surface area contributed by atoms with Crippen LogP contribution in [0.5, 0.6) is 5.75 Å². The van der Waals surface area contributed by atoms with E-state index in [-0.39, 0.29) is 5.91 Å². The smallest absolute Gasteiger partial charge is 0.227 e. The molecule has 1 amide bonds. The molecule has 2 aliphatic heterocycles. The molecule has 0 radical (unpaired) electrons. The number of ether oxygens (including phenoxy) is 1. The van der Waals surface area contributed by atoms with Crippen LogP contribution in [-0.2, 0) is 24.2 Å². The van der Waals surface area contributed by atoms with Gasteiger partial charge in [0.1, 0.15) is 5.75 Å². The summed E-state index contributed by atoms with van der Waals surface area (Å²) in [5.74, 6) is 1.20. The summed E-state index contributed by atoms with van der Waals surface area (Å²) in [6.45, 7) is 5.09. The van der Waals surface area contributed by atoms with Gasteiger partial charge in [-0.2, -0.15) is 0 Å². The molecular weight excluding hydrogens is 350 g/mol. The second kappa shape index (κ2) is 7.32. The Labute approximate surface area is 164 Å². The molecule has 0 spiro atoms. The molecule has 2 aromatic carbocycles. The molecule has 5 heteroatoms. The van der Waals surface area contributed by atoms with Gasteiger partial charge in [0.15, 0.2) is 0 Å². The Kier molecular flexibility index (Phi) is 4.53. The van der Waals surface area contributed by atoms with E-state index in [1.807, 2.05) is 17.0 Å². The van der Waals surface area contributed by atoms with Gasteiger partial charge in [0.25, 0.3) is 0 Å². The number of carbonyl (C=O) groups excluding carboxylic acids is 1. The fourth-order valence-corrected chi connectivity index (χ4v) is 4.25. The molecule has 1 saturated heterocycles. The fraction of sp³-hybridized carbons (Fsp3) is 0.348. The summed E-state index contributed by atoms with van der Waals surface area (Å²) in [5, 5.41) is 1.26. The minimum absolute atomic E-state index is 0.226. The van der Waals surface area contributed by atoms with E-state index in [1.54, 1.807) is 0 Å². The van der Waals surface area contributed by atoms with Crippen molar-refractivity contribution < 1.29 is 9.53 Å². The van der Waals surface area contributed by atoms with Crippen LogP contribution >= 0.6 is 0 Å². The molecule has 3 aromatic rings. The van der Waals surface area contributed by atoms with Gasteiger partial charge in [-0.05, 0) is 34.7 Å². The Balaban J connectivity index is 1.16. The van der Waals surface area contributed by atoms with E-state index in [0.717, 1.165) is 57.1 Å². The van der Waals surface area contributed by atoms with Crippen LogP contribution in [0.4, 0.5) is 0 Å². The molecule has 144 valence electrons. The molecule has 5 rings (SSSR count). The number of hydrogen-bond acceptors (Lipinski definition) is 3. The van der Waals surface area contributed by atoms with E-state index >= 15 is 0 Å². The quantitative estimate of drug-likeness (QED) is 0.763. The summed E-state index contributed by atoms with van der Waals surface area (Å²) < 4.78 is 5.55. The molecular formula is C23H25N3O2. The first kappa shape index (κ1) is 17.3. The van der Waals surface area contributed by atoms with Crippen LogP contribution in [0.15, 0.2) is 48.5 Å². The number of hydrogen-bond donors (Lipinski definition) is 1. The molecule has 28 heavy (non-hydrogen) atoms. The van der Waals surface area contributed by atoms with Crippen molar-refractivity contribution in [3.63, 3.8) is 0 Å². The van der Waals surface area contributed by atoms with Crippen LogP contribution in [0.3, 0.4) is 0 Å². The summed E-state index contributed by atoms with van der Waals surface area (Å²) >= 11 is 0. The second-order valence-electron chi connectivity index (χ2n) is 7.76. The van der Waals surface area contributed by atoms with E-state index in [9.17, 15) is 4.79 Å². The Morgan fingerprint density at radius 2 is 1.89 bits per heavy atom. The van der Waals surface area contributed by atoms with E-state index in [0.29, 0.717) is 6.42 Å². The maximum absolute atomic E-state index is 12.7. The third-order valence-corrected chi connectivity index (χ3v) is 5.81. The van der Waals surface area contributed by atoms with Gasteiger partial charge in [-0.1, -0.05) is 30.3 Å². The monoisotopic (exact) mass is 375 g/mol. The van der Waals surface area contributed by atoms with E-state index < -0.39 is 0 Å². The predicted molar refractivity (Wildman–Crippen MR) is 110 cm³/mol. The maximum atomic E-state index is 12.7. The summed E-state index contributed by atoms with van der Waals surface area (Å²) in [6.07, 6.45) is 1.43. The average molecular weight is 375 g/mol. The van der Waals surface area contributed by atoms with Crippen molar-refractivity contribution in [1.29, 1.82) is 0 Å². The topological polar surface area (TPSA) is 48.6 Å². The molecule has 2 aliphatic rings. The lowest BCUT2D eigenvalue weighted by molar-refractivity contribution is -0.132. The molecule has 5 nitrogen and oxygen atoms in total. The Morgan fingerprint density at radius 1 is 1.04 bits per heavy atom. The maximum Gasteiger partial charge on any atom is 0.227 e. The van der Waals surface area contributed by atoms with Crippen LogP contribution in [0.2, 0.25) is 0 Å². The van der Waals surface area contributed by atoms with Gasteiger partial charge < -0.3 is 14.6 Å². The van der Waals surface area contributed by atoms with Crippen LogP contribution in [0, 0.1) is 0 Å². The van der Waals surface area contributed by atoms with E-state index in [4.69, 9.17) is 4.74 Å². The molecule has 1 fully saturated rings. The first-order valence-electron chi connectivity index (χ1n) is 10.1. The van der Waals surface area contributed by atoms with Crippen molar-refractivity contribution in [2.45, 2.75) is 19.4 Å². The Hall–Kier alpha value is -2.79. The lowest BCUT2D eigenvalue weighted by atomic mass is 10.1. The van der Waals surface area contributed by atoms with Gasteiger partial charge in [-0.15, -0.1) is 0 Å². The zero-order valence-electron chi connectivity index (χ0n) is 16.0. The Morgan fingerprint density at radius 3 is 2.75 bits per heavy atom. The number of carbonyl (C=O) groups is 1. The lowest BCUT2D eigenvalue weighted by Crippen LogP contribution is -2.48. The van der Waals surface area contributed by atoms with Gasteiger partial charge in [0, 0.05) is 50.4 Å². The molecule has 1 N–H and O–H groups in total. The standard InChI is InChI=1S/C23H25N3O2/c27-23(14-17-5-6-22-19(13-17)7-12-28-22)26-10-8-25(9-11-26)16-20-15-18-3-1-2-4-21(18)24-20/h1-6,13,15,24H,7-12,14,16H2. The number of fused-ring (bicyclic) bond motifs is 2. The minimum Gasteiger partial charge on any atom is -0.493 e. The molecule has 1 aromatic heterocycles. The van der Waals surface area contributed by atoms with Gasteiger partial charge in [-0.3, -0.25) is 9.69 Å². The third-order valence-electron chi connectivity index (χ3n) is 5.81. The zero-order valence-corrected chi connectivity index (χ0v) is 16.0. The number of amides is 1. The minimum atomic E-state index is 0.226. The lowest BCUT2D eigenvalue weighted by Gasteiger charge is -2.34. The normalized spacial score (nSPS) is 16.9. The van der Waals surface area contributed by atoms with E-state index in [1.165, 1.54) is 22.2 Å². The molecule has 0 saturated carbocycles. The summed E-state index contributed by atoms with van der Waals surface area (Å²) in [5.41, 5.74) is 4.75. The summed E-state index contributed by atoms with van der Waals surface area (Å²) in [4.78, 5) is 20.6. The molecule has 0 aliphatic carbocycles.